The van der Waals surface area contributed by atoms with Crippen molar-refractivity contribution in [1.29, 1.82) is 0 Å². The molecule has 0 aliphatic rings. The summed E-state index contributed by atoms with van der Waals surface area (Å²) < 4.78 is 1.21. The molecular formula is C15H14N2OS. The van der Waals surface area contributed by atoms with Crippen LogP contribution in [-0.2, 0) is 11.4 Å². The van der Waals surface area contributed by atoms with Crippen LogP contribution in [0.25, 0.3) is 20.8 Å². The number of thiazole rings is 1. The summed E-state index contributed by atoms with van der Waals surface area (Å²) in [6.45, 7) is 0.669. The summed E-state index contributed by atoms with van der Waals surface area (Å²) >= 11 is 1.72. The molecule has 19 heavy (non-hydrogen) atoms. The van der Waals surface area contributed by atoms with E-state index in [-0.39, 0.29) is 0 Å². The molecule has 0 radical (unpaired) electrons. The Hall–Kier alpha value is -1.75. The Kier molecular flexibility index (Phi) is 3.55. The second kappa shape index (κ2) is 5.48. The molecule has 0 aliphatic heterocycles. The number of para-hydroxylation sites is 1. The third kappa shape index (κ3) is 2.51. The van der Waals surface area contributed by atoms with Crippen LogP contribution in [0.1, 0.15) is 5.56 Å². The monoisotopic (exact) mass is 270 g/mol. The Morgan fingerprint density at radius 3 is 2.74 bits per heavy atom. The van der Waals surface area contributed by atoms with Gasteiger partial charge in [0.1, 0.15) is 5.01 Å². The van der Waals surface area contributed by atoms with Crippen LogP contribution in [-0.4, -0.2) is 12.1 Å². The molecular weight excluding hydrogens is 256 g/mol. The van der Waals surface area contributed by atoms with Gasteiger partial charge >= 0.3 is 0 Å². The average Bonchev–Trinajstić information content (AvgIpc) is 2.89. The maximum Gasteiger partial charge on any atom is 0.124 e. The van der Waals surface area contributed by atoms with Gasteiger partial charge in [-0.1, -0.05) is 36.4 Å². The topological polar surface area (TPSA) is 34.1 Å². The fourth-order valence-electron chi connectivity index (χ4n) is 2.02. The first kappa shape index (κ1) is 12.3. The number of rotatable bonds is 4. The van der Waals surface area contributed by atoms with Crippen molar-refractivity contribution < 1.29 is 4.84 Å². The van der Waals surface area contributed by atoms with Crippen LogP contribution in [0.5, 0.6) is 0 Å². The Morgan fingerprint density at radius 1 is 1.11 bits per heavy atom. The summed E-state index contributed by atoms with van der Waals surface area (Å²) in [6.07, 6.45) is 0. The molecule has 1 aromatic heterocycles. The van der Waals surface area contributed by atoms with E-state index in [9.17, 15) is 0 Å². The second-order valence-electron chi connectivity index (χ2n) is 4.17. The van der Waals surface area contributed by atoms with Crippen LogP contribution in [0, 0.1) is 0 Å². The van der Waals surface area contributed by atoms with Crippen LogP contribution in [0.2, 0.25) is 0 Å². The highest BCUT2D eigenvalue weighted by atomic mass is 32.1. The summed E-state index contributed by atoms with van der Waals surface area (Å²) in [4.78, 5) is 9.63. The van der Waals surface area contributed by atoms with E-state index in [4.69, 9.17) is 9.82 Å². The molecule has 0 fully saturated rings. The largest absolute Gasteiger partial charge is 0.305 e. The van der Waals surface area contributed by atoms with Crippen LogP contribution in [0.4, 0.5) is 0 Å². The first-order chi connectivity index (χ1) is 9.38. The Morgan fingerprint density at radius 2 is 1.89 bits per heavy atom. The normalized spacial score (nSPS) is 11.0. The van der Waals surface area contributed by atoms with Gasteiger partial charge in [0.15, 0.2) is 0 Å². The number of benzene rings is 2. The van der Waals surface area contributed by atoms with Crippen molar-refractivity contribution in [1.82, 2.24) is 10.5 Å². The molecule has 96 valence electrons. The van der Waals surface area contributed by atoms with Gasteiger partial charge in [-0.25, -0.2) is 4.98 Å². The molecule has 2 aromatic carbocycles. The van der Waals surface area contributed by atoms with Gasteiger partial charge < -0.3 is 4.84 Å². The van der Waals surface area contributed by atoms with E-state index < -0.39 is 0 Å². The smallest absolute Gasteiger partial charge is 0.124 e. The lowest BCUT2D eigenvalue weighted by Crippen LogP contribution is -2.11. The maximum atomic E-state index is 4.93. The van der Waals surface area contributed by atoms with Crippen molar-refractivity contribution in [2.45, 2.75) is 6.54 Å². The van der Waals surface area contributed by atoms with Gasteiger partial charge in [-0.3, -0.25) is 0 Å². The fourth-order valence-corrected chi connectivity index (χ4v) is 3.05. The molecule has 3 aromatic rings. The molecule has 1 heterocycles. The molecule has 0 amide bonds. The quantitative estimate of drug-likeness (QED) is 0.735. The number of hydrogen-bond acceptors (Lipinski definition) is 4. The van der Waals surface area contributed by atoms with Gasteiger partial charge in [0, 0.05) is 12.1 Å². The van der Waals surface area contributed by atoms with E-state index in [1.807, 2.05) is 30.3 Å². The third-order valence-electron chi connectivity index (χ3n) is 2.95. The van der Waals surface area contributed by atoms with Gasteiger partial charge in [0.25, 0.3) is 0 Å². The van der Waals surface area contributed by atoms with Crippen molar-refractivity contribution >= 4 is 21.6 Å². The minimum Gasteiger partial charge on any atom is -0.305 e. The SMILES string of the molecule is CONCc1ccccc1-c1nc2ccccc2s1. The molecule has 4 heteroatoms. The highest BCUT2D eigenvalue weighted by Gasteiger charge is 2.09. The molecule has 0 aliphatic carbocycles. The van der Waals surface area contributed by atoms with Crippen LogP contribution in [0.15, 0.2) is 48.5 Å². The van der Waals surface area contributed by atoms with Crippen LogP contribution >= 0.6 is 11.3 Å². The van der Waals surface area contributed by atoms with E-state index in [1.54, 1.807) is 18.4 Å². The van der Waals surface area contributed by atoms with E-state index in [2.05, 4.69) is 23.7 Å². The lowest BCUT2D eigenvalue weighted by Gasteiger charge is -2.06. The zero-order valence-electron chi connectivity index (χ0n) is 10.6. The number of hydroxylamine groups is 1. The summed E-state index contributed by atoms with van der Waals surface area (Å²) in [6, 6.07) is 16.5. The zero-order chi connectivity index (χ0) is 13.1. The second-order valence-corrected chi connectivity index (χ2v) is 5.20. The van der Waals surface area contributed by atoms with Crippen molar-refractivity contribution in [3.8, 4) is 10.6 Å². The Labute approximate surface area is 115 Å². The summed E-state index contributed by atoms with van der Waals surface area (Å²) in [7, 11) is 1.63. The van der Waals surface area contributed by atoms with Crippen molar-refractivity contribution in [3.05, 3.63) is 54.1 Å². The zero-order valence-corrected chi connectivity index (χ0v) is 11.4. The van der Waals surface area contributed by atoms with E-state index in [0.29, 0.717) is 6.54 Å². The van der Waals surface area contributed by atoms with Crippen molar-refractivity contribution in [3.63, 3.8) is 0 Å². The van der Waals surface area contributed by atoms with Crippen LogP contribution in [0.3, 0.4) is 0 Å². The molecule has 0 saturated heterocycles. The minimum atomic E-state index is 0.669. The van der Waals surface area contributed by atoms with Gasteiger partial charge in [0.2, 0.25) is 0 Å². The molecule has 0 bridgehead atoms. The van der Waals surface area contributed by atoms with E-state index in [1.165, 1.54) is 10.3 Å². The maximum absolute atomic E-state index is 4.93. The highest BCUT2D eigenvalue weighted by Crippen LogP contribution is 2.31. The van der Waals surface area contributed by atoms with Gasteiger partial charge in [-0.2, -0.15) is 5.48 Å². The number of hydrogen-bond donors (Lipinski definition) is 1. The molecule has 0 unspecified atom stereocenters. The predicted molar refractivity (Wildman–Crippen MR) is 78.9 cm³/mol. The van der Waals surface area contributed by atoms with Gasteiger partial charge in [-0.05, 0) is 17.7 Å². The highest BCUT2D eigenvalue weighted by molar-refractivity contribution is 7.21. The summed E-state index contributed by atoms with van der Waals surface area (Å²) in [5.74, 6) is 0. The molecule has 0 atom stereocenters. The average molecular weight is 270 g/mol. The molecule has 1 N–H and O–H groups in total. The van der Waals surface area contributed by atoms with Gasteiger partial charge in [-0.15, -0.1) is 11.3 Å². The lowest BCUT2D eigenvalue weighted by atomic mass is 10.1. The standard InChI is InChI=1S/C15H14N2OS/c1-18-16-10-11-6-2-3-7-12(11)15-17-13-8-4-5-9-14(13)19-15/h2-9,16H,10H2,1H3. The summed E-state index contributed by atoms with van der Waals surface area (Å²) in [5, 5.41) is 1.05. The summed E-state index contributed by atoms with van der Waals surface area (Å²) in [5.41, 5.74) is 6.28. The Balaban J connectivity index is 2.05. The first-order valence-corrected chi connectivity index (χ1v) is 6.90. The predicted octanol–water partition coefficient (Wildman–Crippen LogP) is 3.61. The Bertz CT molecular complexity index is 660. The van der Waals surface area contributed by atoms with Crippen molar-refractivity contribution in [2.24, 2.45) is 0 Å². The molecule has 0 spiro atoms. The number of nitrogens with one attached hydrogen (secondary N) is 1. The first-order valence-electron chi connectivity index (χ1n) is 6.08. The lowest BCUT2D eigenvalue weighted by molar-refractivity contribution is 0.0868. The number of fused-ring (bicyclic) bond motifs is 1. The van der Waals surface area contributed by atoms with E-state index >= 15 is 0 Å². The van der Waals surface area contributed by atoms with E-state index in [0.717, 1.165) is 16.1 Å². The van der Waals surface area contributed by atoms with Crippen LogP contribution < -0.4 is 5.48 Å². The van der Waals surface area contributed by atoms with Gasteiger partial charge in [0.05, 0.1) is 17.3 Å². The molecule has 0 saturated carbocycles. The molecule has 3 rings (SSSR count). The molecule has 3 nitrogen and oxygen atoms in total. The van der Waals surface area contributed by atoms with Crippen molar-refractivity contribution in [2.75, 3.05) is 7.11 Å². The fraction of sp³-hybridized carbons (Fsp3) is 0.133. The number of nitrogens with zero attached hydrogens (tertiary/aromatic N) is 1. The minimum absolute atomic E-state index is 0.669. The number of aromatic nitrogens is 1. The third-order valence-corrected chi connectivity index (χ3v) is 4.02.